The minimum atomic E-state index is 0.770. The largest absolute Gasteiger partial charge is 0.282 e. The average Bonchev–Trinajstić information content (AvgIpc) is 3.28. The normalized spacial score (nSPS) is 12.0. The van der Waals surface area contributed by atoms with Crippen molar-refractivity contribution in [2.45, 2.75) is 40.5 Å². The monoisotopic (exact) mass is 377 g/mol. The van der Waals surface area contributed by atoms with E-state index in [9.17, 15) is 0 Å². The number of fused-ring (bicyclic) bond motifs is 5. The van der Waals surface area contributed by atoms with Crippen molar-refractivity contribution in [3.63, 3.8) is 0 Å². The SMILES string of the molecule is Cc1cc(C)c2c(n1)sc1c2ncn2nc(CCc3c(C)n[nH]c3C)nc12. The molecule has 0 aliphatic carbocycles. The van der Waals surface area contributed by atoms with Crippen LogP contribution in [0.5, 0.6) is 0 Å². The van der Waals surface area contributed by atoms with Crippen LogP contribution in [-0.2, 0) is 12.8 Å². The Bertz CT molecular complexity index is 1310. The number of thiophene rings is 1. The lowest BCUT2D eigenvalue weighted by molar-refractivity contribution is 0.824. The molecule has 0 atom stereocenters. The van der Waals surface area contributed by atoms with Crippen molar-refractivity contribution in [2.24, 2.45) is 0 Å². The molecule has 0 unspecified atom stereocenters. The van der Waals surface area contributed by atoms with Crippen molar-refractivity contribution in [1.82, 2.24) is 34.8 Å². The van der Waals surface area contributed by atoms with Crippen LogP contribution in [0.4, 0.5) is 0 Å². The molecule has 5 heterocycles. The summed E-state index contributed by atoms with van der Waals surface area (Å²) in [6, 6.07) is 2.10. The second kappa shape index (κ2) is 5.82. The first-order chi connectivity index (χ1) is 13.0. The number of pyridine rings is 1. The minimum absolute atomic E-state index is 0.770. The van der Waals surface area contributed by atoms with Gasteiger partial charge in [-0.3, -0.25) is 5.10 Å². The number of nitrogens with one attached hydrogen (secondary N) is 1. The third-order valence-electron chi connectivity index (χ3n) is 5.02. The van der Waals surface area contributed by atoms with E-state index in [1.165, 1.54) is 11.1 Å². The van der Waals surface area contributed by atoms with Crippen molar-refractivity contribution in [2.75, 3.05) is 0 Å². The highest BCUT2D eigenvalue weighted by Gasteiger charge is 2.16. The maximum Gasteiger partial charge on any atom is 0.176 e. The van der Waals surface area contributed by atoms with Crippen LogP contribution in [0, 0.1) is 27.7 Å². The molecule has 8 heteroatoms. The van der Waals surface area contributed by atoms with E-state index in [0.29, 0.717) is 0 Å². The van der Waals surface area contributed by atoms with Crippen molar-refractivity contribution in [3.05, 3.63) is 46.4 Å². The van der Waals surface area contributed by atoms with Gasteiger partial charge in [-0.05, 0) is 51.3 Å². The second-order valence-corrected chi connectivity index (χ2v) is 7.99. The standard InChI is InChI=1S/C19H19N7S/c1-9-7-10(2)21-19-15(9)16-17(27-19)18-22-14(25-26(18)8-20-16)6-5-13-11(3)23-24-12(13)4/h7-8H,5-6H2,1-4H3,(H,23,24). The number of rotatable bonds is 3. The van der Waals surface area contributed by atoms with E-state index in [0.717, 1.165) is 61.8 Å². The quantitative estimate of drug-likeness (QED) is 0.519. The summed E-state index contributed by atoms with van der Waals surface area (Å²) in [5.41, 5.74) is 7.45. The van der Waals surface area contributed by atoms with Gasteiger partial charge < -0.3 is 0 Å². The maximum absolute atomic E-state index is 4.81. The van der Waals surface area contributed by atoms with Gasteiger partial charge in [0, 0.05) is 23.2 Å². The highest BCUT2D eigenvalue weighted by atomic mass is 32.1. The van der Waals surface area contributed by atoms with E-state index >= 15 is 0 Å². The molecule has 5 rings (SSSR count). The lowest BCUT2D eigenvalue weighted by atomic mass is 10.1. The molecule has 0 aliphatic heterocycles. The number of aryl methyl sites for hydroxylation is 5. The van der Waals surface area contributed by atoms with Crippen LogP contribution in [0.25, 0.3) is 26.1 Å². The number of aromatic nitrogens is 7. The molecule has 7 nitrogen and oxygen atoms in total. The average molecular weight is 377 g/mol. The fraction of sp³-hybridized carbons (Fsp3) is 0.316. The Hall–Kier alpha value is -2.87. The van der Waals surface area contributed by atoms with Crippen molar-refractivity contribution in [3.8, 4) is 0 Å². The Labute approximate surface area is 159 Å². The van der Waals surface area contributed by atoms with Gasteiger partial charge in [0.05, 0.1) is 11.2 Å². The van der Waals surface area contributed by atoms with Crippen LogP contribution in [0.1, 0.15) is 34.0 Å². The lowest BCUT2D eigenvalue weighted by Crippen LogP contribution is -1.96. The highest BCUT2D eigenvalue weighted by molar-refractivity contribution is 7.26. The van der Waals surface area contributed by atoms with E-state index in [-0.39, 0.29) is 0 Å². The van der Waals surface area contributed by atoms with Crippen LogP contribution < -0.4 is 0 Å². The predicted octanol–water partition coefficient (Wildman–Crippen LogP) is 3.63. The molecule has 1 N–H and O–H groups in total. The molecule has 5 aromatic heterocycles. The molecule has 5 aromatic rings. The number of hydrogen-bond acceptors (Lipinski definition) is 6. The zero-order chi connectivity index (χ0) is 18.7. The smallest absolute Gasteiger partial charge is 0.176 e. The molecule has 0 aromatic carbocycles. The summed E-state index contributed by atoms with van der Waals surface area (Å²) >= 11 is 1.64. The first kappa shape index (κ1) is 16.3. The Morgan fingerprint density at radius 1 is 1.11 bits per heavy atom. The van der Waals surface area contributed by atoms with Crippen LogP contribution >= 0.6 is 11.3 Å². The van der Waals surface area contributed by atoms with Gasteiger partial charge in [0.15, 0.2) is 11.5 Å². The van der Waals surface area contributed by atoms with Crippen LogP contribution in [0.15, 0.2) is 12.4 Å². The molecule has 0 radical (unpaired) electrons. The third kappa shape index (κ3) is 2.51. The van der Waals surface area contributed by atoms with Crippen molar-refractivity contribution in [1.29, 1.82) is 0 Å². The third-order valence-corrected chi connectivity index (χ3v) is 6.08. The van der Waals surface area contributed by atoms with E-state index < -0.39 is 0 Å². The van der Waals surface area contributed by atoms with Gasteiger partial charge in [-0.25, -0.2) is 19.5 Å². The molecule has 0 aliphatic rings. The fourth-order valence-corrected chi connectivity index (χ4v) is 4.92. The Morgan fingerprint density at radius 3 is 2.74 bits per heavy atom. The molecule has 0 saturated heterocycles. The minimum Gasteiger partial charge on any atom is -0.282 e. The first-order valence-corrected chi connectivity index (χ1v) is 9.74. The van der Waals surface area contributed by atoms with E-state index in [4.69, 9.17) is 4.98 Å². The molecule has 0 spiro atoms. The highest BCUT2D eigenvalue weighted by Crippen LogP contribution is 2.35. The molecule has 0 bridgehead atoms. The Balaban J connectivity index is 1.61. The van der Waals surface area contributed by atoms with Crippen molar-refractivity contribution >= 4 is 37.4 Å². The van der Waals surface area contributed by atoms with Gasteiger partial charge in [-0.15, -0.1) is 16.4 Å². The van der Waals surface area contributed by atoms with Crippen LogP contribution in [0.3, 0.4) is 0 Å². The lowest BCUT2D eigenvalue weighted by Gasteiger charge is -1.98. The summed E-state index contributed by atoms with van der Waals surface area (Å²) in [6.07, 6.45) is 3.40. The molecule has 0 saturated carbocycles. The Kier molecular flexibility index (Phi) is 3.51. The van der Waals surface area contributed by atoms with Gasteiger partial charge in [-0.2, -0.15) is 5.10 Å². The molecular weight excluding hydrogens is 358 g/mol. The van der Waals surface area contributed by atoms with Gasteiger partial charge in [0.25, 0.3) is 0 Å². The van der Waals surface area contributed by atoms with E-state index in [1.807, 2.05) is 13.8 Å². The molecule has 27 heavy (non-hydrogen) atoms. The summed E-state index contributed by atoms with van der Waals surface area (Å²) in [6.45, 7) is 8.21. The first-order valence-electron chi connectivity index (χ1n) is 8.92. The summed E-state index contributed by atoms with van der Waals surface area (Å²) in [5.74, 6) is 0.822. The molecule has 0 amide bonds. The second-order valence-electron chi connectivity index (χ2n) is 6.99. The zero-order valence-electron chi connectivity index (χ0n) is 15.7. The van der Waals surface area contributed by atoms with Crippen LogP contribution in [0.2, 0.25) is 0 Å². The number of H-pyrrole nitrogens is 1. The topological polar surface area (TPSA) is 84.6 Å². The number of nitrogens with zero attached hydrogens (tertiary/aromatic N) is 6. The van der Waals surface area contributed by atoms with Gasteiger partial charge in [0.1, 0.15) is 15.9 Å². The fourth-order valence-electron chi connectivity index (χ4n) is 3.70. The predicted molar refractivity (Wildman–Crippen MR) is 106 cm³/mol. The van der Waals surface area contributed by atoms with Gasteiger partial charge >= 0.3 is 0 Å². The zero-order valence-corrected chi connectivity index (χ0v) is 16.5. The summed E-state index contributed by atoms with van der Waals surface area (Å²) < 4.78 is 2.83. The number of hydrogen-bond donors (Lipinski definition) is 1. The molecular formula is C19H19N7S. The van der Waals surface area contributed by atoms with Gasteiger partial charge in [-0.1, -0.05) is 0 Å². The van der Waals surface area contributed by atoms with Gasteiger partial charge in [0.2, 0.25) is 0 Å². The summed E-state index contributed by atoms with van der Waals surface area (Å²) in [4.78, 5) is 15.2. The van der Waals surface area contributed by atoms with E-state index in [2.05, 4.69) is 45.2 Å². The van der Waals surface area contributed by atoms with E-state index in [1.54, 1.807) is 22.2 Å². The Morgan fingerprint density at radius 2 is 1.96 bits per heavy atom. The molecule has 0 fully saturated rings. The molecule has 136 valence electrons. The number of aromatic amines is 1. The van der Waals surface area contributed by atoms with Crippen molar-refractivity contribution < 1.29 is 0 Å². The summed E-state index contributed by atoms with van der Waals surface area (Å²) in [7, 11) is 0. The maximum atomic E-state index is 4.81. The summed E-state index contributed by atoms with van der Waals surface area (Å²) in [5, 5.41) is 13.1. The van der Waals surface area contributed by atoms with Crippen LogP contribution in [-0.4, -0.2) is 34.8 Å².